The molecular weight excluding hydrogens is 374 g/mol. The van der Waals surface area contributed by atoms with Gasteiger partial charge in [0.1, 0.15) is 0 Å². The minimum atomic E-state index is 0.983. The Morgan fingerprint density at radius 1 is 0.710 bits per heavy atom. The van der Waals surface area contributed by atoms with Gasteiger partial charge in [0.2, 0.25) is 0 Å². The molecular formula is C30H33N. The van der Waals surface area contributed by atoms with Crippen LogP contribution in [0.4, 0.5) is 0 Å². The minimum Gasteiger partial charge on any atom is -0.309 e. The van der Waals surface area contributed by atoms with Gasteiger partial charge in [0, 0.05) is 16.5 Å². The number of hydrogen-bond acceptors (Lipinski definition) is 0. The largest absolute Gasteiger partial charge is 0.309 e. The molecule has 0 atom stereocenters. The Morgan fingerprint density at radius 3 is 1.84 bits per heavy atom. The number of benzene rings is 3. The maximum Gasteiger partial charge on any atom is 0.0541 e. The molecule has 1 aromatic heterocycles. The highest BCUT2D eigenvalue weighted by Crippen LogP contribution is 2.32. The molecule has 1 aliphatic rings. The maximum atomic E-state index is 2.35. The Labute approximate surface area is 187 Å². The fourth-order valence-electron chi connectivity index (χ4n) is 3.80. The first-order valence-electron chi connectivity index (χ1n) is 11.5. The molecule has 5 rings (SSSR count). The van der Waals surface area contributed by atoms with Crippen molar-refractivity contribution in [3.8, 4) is 5.69 Å². The molecule has 31 heavy (non-hydrogen) atoms. The fraction of sp³-hybridized carbons (Fsp3) is 0.200. The molecule has 0 radical (unpaired) electrons. The number of fused-ring (bicyclic) bond motifs is 3. The molecule has 1 nitrogen and oxygen atoms in total. The predicted molar refractivity (Wildman–Crippen MR) is 139 cm³/mol. The van der Waals surface area contributed by atoms with Gasteiger partial charge >= 0.3 is 0 Å². The number of allylic oxidation sites excluding steroid dienone is 6. The number of rotatable bonds is 2. The molecule has 0 spiro atoms. The molecule has 1 heterocycles. The number of para-hydroxylation sites is 2. The third kappa shape index (κ3) is 4.88. The van der Waals surface area contributed by atoms with Crippen LogP contribution in [0.5, 0.6) is 0 Å². The lowest BCUT2D eigenvalue weighted by molar-refractivity contribution is 1.09. The van der Waals surface area contributed by atoms with Crippen molar-refractivity contribution >= 4 is 27.4 Å². The molecule has 0 saturated carbocycles. The van der Waals surface area contributed by atoms with E-state index < -0.39 is 0 Å². The first-order chi connectivity index (χ1) is 15.3. The highest BCUT2D eigenvalue weighted by molar-refractivity contribution is 6.09. The summed E-state index contributed by atoms with van der Waals surface area (Å²) in [6.07, 6.45) is 13.1. The van der Waals surface area contributed by atoms with Gasteiger partial charge in [0.05, 0.1) is 11.0 Å². The summed E-state index contributed by atoms with van der Waals surface area (Å²) in [5, 5.41) is 2.60. The van der Waals surface area contributed by atoms with Crippen molar-refractivity contribution in [1.29, 1.82) is 0 Å². The average molecular weight is 408 g/mol. The molecule has 0 fully saturated rings. The van der Waals surface area contributed by atoms with Gasteiger partial charge in [-0.2, -0.15) is 0 Å². The Morgan fingerprint density at radius 2 is 1.26 bits per heavy atom. The monoisotopic (exact) mass is 407 g/mol. The van der Waals surface area contributed by atoms with E-state index in [0.717, 1.165) is 6.42 Å². The zero-order chi connectivity index (χ0) is 22.1. The summed E-state index contributed by atoms with van der Waals surface area (Å²) in [4.78, 5) is 0. The van der Waals surface area contributed by atoms with E-state index in [2.05, 4.69) is 122 Å². The van der Waals surface area contributed by atoms with Gasteiger partial charge < -0.3 is 4.57 Å². The molecule has 1 heteroatoms. The molecule has 4 aromatic rings. The van der Waals surface area contributed by atoms with Crippen molar-refractivity contribution in [1.82, 2.24) is 4.57 Å². The summed E-state index contributed by atoms with van der Waals surface area (Å²) in [5.41, 5.74) is 6.24. The molecule has 3 aromatic carbocycles. The van der Waals surface area contributed by atoms with Crippen molar-refractivity contribution < 1.29 is 0 Å². The topological polar surface area (TPSA) is 4.93 Å². The smallest absolute Gasteiger partial charge is 0.0541 e. The predicted octanol–water partition coefficient (Wildman–Crippen LogP) is 9.13. The fourth-order valence-corrected chi connectivity index (χ4v) is 3.80. The SMILES string of the molecule is C1=CCC=C(c2ccc(-n3c4ccccc4c4ccccc43)cc2)C=C1.CC.CCC. The molecule has 0 saturated heterocycles. The molecule has 0 unspecified atom stereocenters. The normalized spacial score (nSPS) is 12.5. The minimum absolute atomic E-state index is 0.983. The highest BCUT2D eigenvalue weighted by Gasteiger charge is 2.11. The second-order valence-corrected chi connectivity index (χ2v) is 7.31. The van der Waals surface area contributed by atoms with Crippen LogP contribution < -0.4 is 0 Å². The van der Waals surface area contributed by atoms with E-state index in [1.165, 1.54) is 45.1 Å². The quantitative estimate of drug-likeness (QED) is 0.312. The van der Waals surface area contributed by atoms with Gasteiger partial charge in [-0.25, -0.2) is 0 Å². The van der Waals surface area contributed by atoms with Crippen LogP contribution in [0.3, 0.4) is 0 Å². The van der Waals surface area contributed by atoms with Crippen LogP contribution in [0.2, 0.25) is 0 Å². The van der Waals surface area contributed by atoms with E-state index in [-0.39, 0.29) is 0 Å². The summed E-state index contributed by atoms with van der Waals surface area (Å²) in [7, 11) is 0. The van der Waals surface area contributed by atoms with Gasteiger partial charge in [-0.1, -0.05) is 113 Å². The molecule has 0 bridgehead atoms. The lowest BCUT2D eigenvalue weighted by atomic mass is 10.0. The van der Waals surface area contributed by atoms with Crippen LogP contribution in [-0.2, 0) is 0 Å². The average Bonchev–Trinajstić information content (AvgIpc) is 2.96. The van der Waals surface area contributed by atoms with E-state index in [4.69, 9.17) is 0 Å². The zero-order valence-corrected chi connectivity index (χ0v) is 19.2. The second-order valence-electron chi connectivity index (χ2n) is 7.31. The number of nitrogens with zero attached hydrogens (tertiary/aromatic N) is 1. The Hall–Kier alpha value is -3.32. The van der Waals surface area contributed by atoms with Gasteiger partial charge in [-0.15, -0.1) is 0 Å². The third-order valence-corrected chi connectivity index (χ3v) is 5.04. The lowest BCUT2D eigenvalue weighted by Gasteiger charge is -2.09. The molecule has 1 aliphatic carbocycles. The summed E-state index contributed by atoms with van der Waals surface area (Å²) in [5.74, 6) is 0. The first-order valence-corrected chi connectivity index (χ1v) is 11.5. The summed E-state index contributed by atoms with van der Waals surface area (Å²) >= 11 is 0. The molecule has 0 N–H and O–H groups in total. The summed E-state index contributed by atoms with van der Waals surface area (Å²) < 4.78 is 2.35. The van der Waals surface area contributed by atoms with Gasteiger partial charge in [-0.05, 0) is 41.8 Å². The summed E-state index contributed by atoms with van der Waals surface area (Å²) in [6.45, 7) is 8.25. The van der Waals surface area contributed by atoms with Crippen molar-refractivity contribution in [2.24, 2.45) is 0 Å². The van der Waals surface area contributed by atoms with Gasteiger partial charge in [0.25, 0.3) is 0 Å². The van der Waals surface area contributed by atoms with Crippen molar-refractivity contribution in [3.05, 3.63) is 109 Å². The van der Waals surface area contributed by atoms with E-state index in [1.54, 1.807) is 0 Å². The maximum absolute atomic E-state index is 2.35. The Kier molecular flexibility index (Phi) is 8.06. The third-order valence-electron chi connectivity index (χ3n) is 5.04. The van der Waals surface area contributed by atoms with Crippen LogP contribution >= 0.6 is 0 Å². The van der Waals surface area contributed by atoms with E-state index in [0.29, 0.717) is 0 Å². The summed E-state index contributed by atoms with van der Waals surface area (Å²) in [6, 6.07) is 26.1. The number of aromatic nitrogens is 1. The van der Waals surface area contributed by atoms with E-state index in [1.807, 2.05) is 13.8 Å². The zero-order valence-electron chi connectivity index (χ0n) is 19.2. The lowest BCUT2D eigenvalue weighted by Crippen LogP contribution is -1.94. The van der Waals surface area contributed by atoms with Crippen LogP contribution in [0, 0.1) is 0 Å². The second kappa shape index (κ2) is 11.2. The van der Waals surface area contributed by atoms with Crippen LogP contribution in [0.1, 0.15) is 46.1 Å². The van der Waals surface area contributed by atoms with Crippen LogP contribution in [-0.4, -0.2) is 4.57 Å². The molecule has 158 valence electrons. The first kappa shape index (κ1) is 22.4. The van der Waals surface area contributed by atoms with E-state index >= 15 is 0 Å². The van der Waals surface area contributed by atoms with Crippen LogP contribution in [0.15, 0.2) is 103 Å². The Bertz CT molecular complexity index is 1150. The number of hydrogen-bond donors (Lipinski definition) is 0. The Balaban J connectivity index is 0.000000504. The molecule has 0 aliphatic heterocycles. The van der Waals surface area contributed by atoms with Crippen LogP contribution in [0.25, 0.3) is 33.1 Å². The van der Waals surface area contributed by atoms with Crippen molar-refractivity contribution in [2.75, 3.05) is 0 Å². The van der Waals surface area contributed by atoms with E-state index in [9.17, 15) is 0 Å². The molecule has 0 amide bonds. The van der Waals surface area contributed by atoms with Crippen molar-refractivity contribution in [2.45, 2.75) is 40.5 Å². The van der Waals surface area contributed by atoms with Crippen molar-refractivity contribution in [3.63, 3.8) is 0 Å². The van der Waals surface area contributed by atoms with Gasteiger partial charge in [-0.3, -0.25) is 0 Å². The highest BCUT2D eigenvalue weighted by atomic mass is 15.0. The standard InChI is InChI=1S/C25H19N.C3H8.C2H6/c1-2-4-10-19(9-3-1)20-15-17-21(18-16-20)26-24-13-7-5-11-22(24)23-12-6-8-14-25(23)26;1-3-2;1-2/h1-3,5-18H,4H2;3H2,1-2H3;1-2H3. The van der Waals surface area contributed by atoms with Gasteiger partial charge in [0.15, 0.2) is 0 Å².